The van der Waals surface area contributed by atoms with Crippen LogP contribution in [0.3, 0.4) is 0 Å². The van der Waals surface area contributed by atoms with E-state index in [4.69, 9.17) is 0 Å². The van der Waals surface area contributed by atoms with Crippen LogP contribution in [0.4, 0.5) is 8.78 Å². The third-order valence-corrected chi connectivity index (χ3v) is 2.65. The summed E-state index contributed by atoms with van der Waals surface area (Å²) in [6.07, 6.45) is 3.60. The lowest BCUT2D eigenvalue weighted by Gasteiger charge is -2.02. The van der Waals surface area contributed by atoms with Crippen LogP contribution in [0.1, 0.15) is 25.7 Å². The topological polar surface area (TPSA) is 0 Å². The summed E-state index contributed by atoms with van der Waals surface area (Å²) in [5, 5.41) is 0. The smallest absolute Gasteiger partial charge is 0.206 e. The Kier molecular flexibility index (Phi) is 0.920. The lowest BCUT2D eigenvalue weighted by molar-refractivity contribution is 0.0850. The highest BCUT2D eigenvalue weighted by atomic mass is 19.3. The van der Waals surface area contributed by atoms with Gasteiger partial charge in [0.1, 0.15) is 0 Å². The number of hydrogen-bond acceptors (Lipinski definition) is 0. The molecule has 2 aliphatic rings. The average Bonchev–Trinajstić information content (AvgIpc) is 2.39. The van der Waals surface area contributed by atoms with Gasteiger partial charge in [-0.1, -0.05) is 12.8 Å². The first kappa shape index (κ1) is 5.63. The second kappa shape index (κ2) is 1.47. The van der Waals surface area contributed by atoms with Crippen LogP contribution >= 0.6 is 0 Å². The Morgan fingerprint density at radius 2 is 1.44 bits per heavy atom. The van der Waals surface area contributed by atoms with Crippen molar-refractivity contribution >= 4 is 0 Å². The van der Waals surface area contributed by atoms with Crippen molar-refractivity contribution in [2.24, 2.45) is 11.8 Å². The molecule has 0 saturated heterocycles. The van der Waals surface area contributed by atoms with Gasteiger partial charge in [-0.25, -0.2) is 8.78 Å². The monoisotopic (exact) mass is 132 g/mol. The molecule has 0 aromatic carbocycles. The molecule has 0 aromatic heterocycles. The molecule has 0 aromatic rings. The Morgan fingerprint density at radius 3 is 1.78 bits per heavy atom. The lowest BCUT2D eigenvalue weighted by atomic mass is 10.0. The standard InChI is InChI=1S/C7H10F2/c8-7(9)5-3-1-2-4-6(5)7/h5-6H,1-4H2. The third-order valence-electron chi connectivity index (χ3n) is 2.65. The molecule has 0 N–H and O–H groups in total. The van der Waals surface area contributed by atoms with Crippen molar-refractivity contribution in [2.75, 3.05) is 0 Å². The van der Waals surface area contributed by atoms with Gasteiger partial charge in [-0.3, -0.25) is 0 Å². The number of alkyl halides is 2. The minimum atomic E-state index is -2.25. The van der Waals surface area contributed by atoms with Gasteiger partial charge in [-0.15, -0.1) is 0 Å². The summed E-state index contributed by atoms with van der Waals surface area (Å²) in [7, 11) is 0. The van der Waals surface area contributed by atoms with Crippen LogP contribution in [0.2, 0.25) is 0 Å². The van der Waals surface area contributed by atoms with Crippen LogP contribution in [-0.4, -0.2) is 5.92 Å². The van der Waals surface area contributed by atoms with Gasteiger partial charge in [0.25, 0.3) is 5.92 Å². The van der Waals surface area contributed by atoms with E-state index in [1.807, 2.05) is 0 Å². The van der Waals surface area contributed by atoms with Gasteiger partial charge >= 0.3 is 0 Å². The fourth-order valence-corrected chi connectivity index (χ4v) is 1.98. The lowest BCUT2D eigenvalue weighted by Crippen LogP contribution is -1.92. The average molecular weight is 132 g/mol. The zero-order valence-corrected chi connectivity index (χ0v) is 5.24. The molecule has 0 spiro atoms. The molecule has 2 fully saturated rings. The minimum absolute atomic E-state index is 0.216. The third kappa shape index (κ3) is 0.620. The molecule has 2 atom stereocenters. The SMILES string of the molecule is FC1(F)C2CCCCC21. The Bertz CT molecular complexity index is 117. The van der Waals surface area contributed by atoms with Crippen LogP contribution in [0.5, 0.6) is 0 Å². The maximum absolute atomic E-state index is 12.5. The number of rotatable bonds is 0. The largest absolute Gasteiger partial charge is 0.254 e. The summed E-state index contributed by atoms with van der Waals surface area (Å²) >= 11 is 0. The summed E-state index contributed by atoms with van der Waals surface area (Å²) < 4.78 is 25.0. The van der Waals surface area contributed by atoms with Gasteiger partial charge in [0.05, 0.1) is 0 Å². The van der Waals surface area contributed by atoms with E-state index >= 15 is 0 Å². The second-order valence-electron chi connectivity index (χ2n) is 3.17. The van der Waals surface area contributed by atoms with Crippen LogP contribution < -0.4 is 0 Å². The van der Waals surface area contributed by atoms with E-state index < -0.39 is 5.92 Å². The summed E-state index contributed by atoms with van der Waals surface area (Å²) in [6, 6.07) is 0. The van der Waals surface area contributed by atoms with Crippen molar-refractivity contribution in [3.8, 4) is 0 Å². The molecular weight excluding hydrogens is 122 g/mol. The Morgan fingerprint density at radius 1 is 1.00 bits per heavy atom. The fraction of sp³-hybridized carbons (Fsp3) is 1.00. The van der Waals surface area contributed by atoms with Gasteiger partial charge in [-0.05, 0) is 12.8 Å². The number of hydrogen-bond donors (Lipinski definition) is 0. The quantitative estimate of drug-likeness (QED) is 0.475. The molecule has 0 nitrogen and oxygen atoms in total. The van der Waals surface area contributed by atoms with Crippen molar-refractivity contribution in [3.63, 3.8) is 0 Å². The first-order valence-corrected chi connectivity index (χ1v) is 3.61. The van der Waals surface area contributed by atoms with E-state index in [1.54, 1.807) is 0 Å². The van der Waals surface area contributed by atoms with Gasteiger partial charge in [0, 0.05) is 11.8 Å². The van der Waals surface area contributed by atoms with Crippen LogP contribution in [0.15, 0.2) is 0 Å². The Hall–Kier alpha value is -0.140. The Balaban J connectivity index is 2.06. The van der Waals surface area contributed by atoms with E-state index in [0.717, 1.165) is 25.7 Å². The molecule has 2 rings (SSSR count). The first-order valence-electron chi connectivity index (χ1n) is 3.61. The molecule has 0 heterocycles. The van der Waals surface area contributed by atoms with Gasteiger partial charge in [0.2, 0.25) is 0 Å². The highest BCUT2D eigenvalue weighted by molar-refractivity contribution is 5.06. The summed E-state index contributed by atoms with van der Waals surface area (Å²) in [5.74, 6) is -2.69. The van der Waals surface area contributed by atoms with Crippen molar-refractivity contribution in [1.82, 2.24) is 0 Å². The minimum Gasteiger partial charge on any atom is -0.206 e. The molecule has 2 unspecified atom stereocenters. The number of fused-ring (bicyclic) bond motifs is 1. The highest BCUT2D eigenvalue weighted by Crippen LogP contribution is 2.62. The van der Waals surface area contributed by atoms with Crippen molar-refractivity contribution in [1.29, 1.82) is 0 Å². The van der Waals surface area contributed by atoms with Crippen molar-refractivity contribution < 1.29 is 8.78 Å². The molecule has 9 heavy (non-hydrogen) atoms. The molecular formula is C7H10F2. The molecule has 2 saturated carbocycles. The van der Waals surface area contributed by atoms with Crippen LogP contribution in [0.25, 0.3) is 0 Å². The fourth-order valence-electron chi connectivity index (χ4n) is 1.98. The van der Waals surface area contributed by atoms with Crippen molar-refractivity contribution in [3.05, 3.63) is 0 Å². The molecule has 0 amide bonds. The first-order chi connectivity index (χ1) is 4.23. The van der Waals surface area contributed by atoms with Gasteiger partial charge in [-0.2, -0.15) is 0 Å². The summed E-state index contributed by atoms with van der Waals surface area (Å²) in [5.41, 5.74) is 0. The molecule has 0 bridgehead atoms. The van der Waals surface area contributed by atoms with Crippen LogP contribution in [-0.2, 0) is 0 Å². The predicted molar refractivity (Wildman–Crippen MR) is 30.4 cm³/mol. The molecule has 2 heteroatoms. The maximum atomic E-state index is 12.5. The van der Waals surface area contributed by atoms with E-state index in [-0.39, 0.29) is 11.8 Å². The maximum Gasteiger partial charge on any atom is 0.254 e. The van der Waals surface area contributed by atoms with E-state index in [2.05, 4.69) is 0 Å². The zero-order valence-electron chi connectivity index (χ0n) is 5.24. The van der Waals surface area contributed by atoms with Crippen molar-refractivity contribution in [2.45, 2.75) is 31.6 Å². The molecule has 0 radical (unpaired) electrons. The molecule has 2 aliphatic carbocycles. The number of halogens is 2. The molecule has 52 valence electrons. The normalized spacial score (nSPS) is 46.0. The van der Waals surface area contributed by atoms with E-state index in [0.29, 0.717) is 0 Å². The van der Waals surface area contributed by atoms with Gasteiger partial charge < -0.3 is 0 Å². The summed E-state index contributed by atoms with van der Waals surface area (Å²) in [4.78, 5) is 0. The second-order valence-corrected chi connectivity index (χ2v) is 3.17. The highest BCUT2D eigenvalue weighted by Gasteiger charge is 2.67. The predicted octanol–water partition coefficient (Wildman–Crippen LogP) is 2.44. The van der Waals surface area contributed by atoms with Gasteiger partial charge in [0.15, 0.2) is 0 Å². The zero-order chi connectivity index (χ0) is 6.48. The van der Waals surface area contributed by atoms with E-state index in [9.17, 15) is 8.78 Å². The Labute approximate surface area is 53.2 Å². The molecule has 0 aliphatic heterocycles. The van der Waals surface area contributed by atoms with Crippen LogP contribution in [0, 0.1) is 11.8 Å². The van der Waals surface area contributed by atoms with E-state index in [1.165, 1.54) is 0 Å². The summed E-state index contributed by atoms with van der Waals surface area (Å²) in [6.45, 7) is 0.